The first kappa shape index (κ1) is 26.7. The molecule has 3 radical (unpaired) electrons. The van der Waals surface area contributed by atoms with E-state index in [1.165, 1.54) is 13.0 Å². The van der Waals surface area contributed by atoms with Crippen LogP contribution in [-0.2, 0) is 20.3 Å². The van der Waals surface area contributed by atoms with Gasteiger partial charge >= 0.3 is 19.5 Å². The van der Waals surface area contributed by atoms with E-state index in [4.69, 9.17) is 9.26 Å². The molecule has 0 heterocycles. The van der Waals surface area contributed by atoms with E-state index >= 15 is 0 Å². The van der Waals surface area contributed by atoms with Crippen LogP contribution in [0.25, 0.3) is 10.8 Å². The summed E-state index contributed by atoms with van der Waals surface area (Å²) in [6.45, 7) is 7.54. The highest BCUT2D eigenvalue weighted by atomic mass is 31.2. The third-order valence-corrected chi connectivity index (χ3v) is 7.59. The molecule has 0 spiro atoms. The zero-order valence-electron chi connectivity index (χ0n) is 20.2. The number of ether oxygens (including phenoxy) is 1. The number of rotatable bonds is 9. The van der Waals surface area contributed by atoms with Gasteiger partial charge in [0.15, 0.2) is 0 Å². The highest BCUT2D eigenvalue weighted by Gasteiger charge is 2.39. The lowest BCUT2D eigenvalue weighted by molar-refractivity contribution is -0.149. The van der Waals surface area contributed by atoms with E-state index in [1.807, 2.05) is 32.9 Å². The second kappa shape index (κ2) is 10.4. The maximum absolute atomic E-state index is 14.1. The smallest absolute Gasteiger partial charge is 0.335 e. The molecule has 0 aromatic heterocycles. The minimum atomic E-state index is -3.73. The number of fused-ring (bicyclic) bond motifs is 1. The number of nitrogens with one attached hydrogen (secondary N) is 1. The Kier molecular flexibility index (Phi) is 7.89. The van der Waals surface area contributed by atoms with Crippen molar-refractivity contribution in [2.75, 3.05) is 6.61 Å². The average Bonchev–Trinajstić information content (AvgIpc) is 2.76. The second-order valence-corrected chi connectivity index (χ2v) is 12.9. The molecule has 35 heavy (non-hydrogen) atoms. The van der Waals surface area contributed by atoms with E-state index in [0.29, 0.717) is 16.7 Å². The molecule has 1 unspecified atom stereocenters. The Morgan fingerprint density at radius 3 is 2.26 bits per heavy atom. The van der Waals surface area contributed by atoms with Gasteiger partial charge in [-0.3, -0.25) is 9.36 Å². The van der Waals surface area contributed by atoms with Crippen molar-refractivity contribution in [1.82, 2.24) is 5.09 Å². The lowest BCUT2D eigenvalue weighted by atomic mass is 9.99. The van der Waals surface area contributed by atoms with Gasteiger partial charge in [0.05, 0.1) is 28.6 Å². The normalized spacial score (nSPS) is 15.1. The molecule has 2 N–H and O–H groups in total. The van der Waals surface area contributed by atoms with E-state index in [1.54, 1.807) is 48.5 Å². The predicted molar refractivity (Wildman–Crippen MR) is 137 cm³/mol. The molecule has 7 nitrogen and oxygen atoms in total. The molecule has 0 fully saturated rings. The molecule has 2 atom stereocenters. The van der Waals surface area contributed by atoms with Gasteiger partial charge in [0.1, 0.15) is 10.9 Å². The number of benzene rings is 3. The topological polar surface area (TPSA) is 102 Å². The molecule has 0 saturated carbocycles. The summed E-state index contributed by atoms with van der Waals surface area (Å²) < 4.78 is 25.5. The number of carboxylic acids is 1. The highest BCUT2D eigenvalue weighted by molar-refractivity contribution is 7.56. The first-order valence-electron chi connectivity index (χ1n) is 11.1. The van der Waals surface area contributed by atoms with Crippen LogP contribution in [0.15, 0.2) is 66.7 Å². The fraction of sp³-hybridized carbons (Fsp3) is 0.308. The zero-order valence-corrected chi connectivity index (χ0v) is 22.1. The van der Waals surface area contributed by atoms with Gasteiger partial charge in [0.2, 0.25) is 0 Å². The number of aromatic carboxylic acids is 1. The minimum Gasteiger partial charge on any atom is -0.478 e. The number of para-hydroxylation sites is 1. The maximum Gasteiger partial charge on any atom is 0.335 e. The van der Waals surface area contributed by atoms with Gasteiger partial charge in [0.25, 0.3) is 0 Å². The quantitative estimate of drug-likeness (QED) is 0.227. The summed E-state index contributed by atoms with van der Waals surface area (Å²) in [7, 11) is -0.324. The summed E-state index contributed by atoms with van der Waals surface area (Å²) in [5.41, 5.74) is 0.574. The van der Waals surface area contributed by atoms with Crippen LogP contribution in [0.4, 0.5) is 0 Å². The van der Waals surface area contributed by atoms with Crippen LogP contribution in [0, 0.1) is 5.41 Å². The first-order valence-corrected chi connectivity index (χ1v) is 13.4. The molecule has 0 aliphatic carbocycles. The fourth-order valence-corrected chi connectivity index (χ4v) is 6.01. The van der Waals surface area contributed by atoms with Crippen molar-refractivity contribution in [2.45, 2.75) is 39.0 Å². The van der Waals surface area contributed by atoms with Gasteiger partial charge in [-0.25, -0.2) is 9.88 Å². The summed E-state index contributed by atoms with van der Waals surface area (Å²) >= 11 is 0. The van der Waals surface area contributed by atoms with Crippen LogP contribution in [0.2, 0.25) is 0 Å². The molecular formula is C26H29NO6PSi. The number of hydrogen-bond donors (Lipinski definition) is 2. The van der Waals surface area contributed by atoms with Crippen molar-refractivity contribution in [1.29, 1.82) is 0 Å². The predicted octanol–water partition coefficient (Wildman–Crippen LogP) is 5.37. The Morgan fingerprint density at radius 1 is 0.971 bits per heavy atom. The van der Waals surface area contributed by atoms with Crippen LogP contribution < -0.4 is 9.61 Å². The highest BCUT2D eigenvalue weighted by Crippen LogP contribution is 2.48. The third kappa shape index (κ3) is 7.52. The lowest BCUT2D eigenvalue weighted by Crippen LogP contribution is -2.50. The zero-order chi connectivity index (χ0) is 25.9. The Morgan fingerprint density at radius 2 is 1.63 bits per heavy atom. The van der Waals surface area contributed by atoms with E-state index in [9.17, 15) is 19.3 Å². The van der Waals surface area contributed by atoms with Crippen LogP contribution in [0.5, 0.6) is 5.75 Å². The Balaban J connectivity index is 1.92. The van der Waals surface area contributed by atoms with E-state index in [0.717, 1.165) is 5.39 Å². The van der Waals surface area contributed by atoms with Gasteiger partial charge in [-0.15, -0.1) is 0 Å². The largest absolute Gasteiger partial charge is 0.478 e. The molecule has 3 rings (SSSR count). The van der Waals surface area contributed by atoms with Gasteiger partial charge in [-0.1, -0.05) is 63.2 Å². The monoisotopic (exact) mass is 510 g/mol. The minimum absolute atomic E-state index is 0.0538. The fourth-order valence-electron chi connectivity index (χ4n) is 3.33. The van der Waals surface area contributed by atoms with Crippen molar-refractivity contribution in [2.24, 2.45) is 5.41 Å². The standard InChI is InChI=1S/C26H29NO6PSi/c1-25(2,3)17-32-24(30)26(4,35)27-34(31,33-22-8-6-5-7-9-22)16-18-10-11-19-12-13-20(23(28)29)15-21(19)14-18/h5-15H,16-17H2,1-4H3,(H,27,31)(H,28,29)/t26-,34?/m0/s1. The number of hydrogen-bond acceptors (Lipinski definition) is 5. The summed E-state index contributed by atoms with van der Waals surface area (Å²) in [4.78, 5) is 24.2. The van der Waals surface area contributed by atoms with Crippen molar-refractivity contribution in [3.63, 3.8) is 0 Å². The van der Waals surface area contributed by atoms with Gasteiger partial charge in [-0.05, 0) is 52.9 Å². The molecule has 183 valence electrons. The first-order chi connectivity index (χ1) is 16.3. The van der Waals surface area contributed by atoms with Crippen molar-refractivity contribution in [3.8, 4) is 5.75 Å². The SMILES string of the molecule is CC(C)(C)COC(=O)[C@](C)([Si])NP(=O)(Cc1ccc2ccc(C(=O)O)cc2c1)Oc1ccccc1. The van der Waals surface area contributed by atoms with Crippen LogP contribution >= 0.6 is 7.52 Å². The average molecular weight is 511 g/mol. The van der Waals surface area contributed by atoms with Gasteiger partial charge in [0, 0.05) is 0 Å². The maximum atomic E-state index is 14.1. The summed E-state index contributed by atoms with van der Waals surface area (Å²) in [6, 6.07) is 18.9. The Hall–Kier alpha value is -2.93. The van der Waals surface area contributed by atoms with Crippen LogP contribution in [-0.4, -0.2) is 39.1 Å². The number of carbonyl (C=O) groups is 2. The molecule has 9 heteroatoms. The summed E-state index contributed by atoms with van der Waals surface area (Å²) in [6.07, 6.45) is -0.0538. The molecule has 0 aliphatic rings. The molecular weight excluding hydrogens is 481 g/mol. The van der Waals surface area contributed by atoms with Crippen molar-refractivity contribution < 1.29 is 28.5 Å². The Bertz CT molecular complexity index is 1270. The van der Waals surface area contributed by atoms with Crippen LogP contribution in [0.3, 0.4) is 0 Å². The van der Waals surface area contributed by atoms with Crippen molar-refractivity contribution >= 4 is 40.5 Å². The molecule has 3 aromatic carbocycles. The lowest BCUT2D eigenvalue weighted by Gasteiger charge is -2.31. The number of carbonyl (C=O) groups excluding carboxylic acids is 1. The molecule has 0 saturated heterocycles. The van der Waals surface area contributed by atoms with E-state index in [-0.39, 0.29) is 23.7 Å². The molecule has 0 bridgehead atoms. The van der Waals surface area contributed by atoms with Gasteiger partial charge in [-0.2, -0.15) is 0 Å². The third-order valence-electron chi connectivity index (χ3n) is 4.98. The Labute approximate surface area is 208 Å². The van der Waals surface area contributed by atoms with E-state index in [2.05, 4.69) is 15.3 Å². The summed E-state index contributed by atoms with van der Waals surface area (Å²) in [5.74, 6) is -1.27. The number of esters is 1. The molecule has 3 aromatic rings. The van der Waals surface area contributed by atoms with E-state index < -0.39 is 24.6 Å². The van der Waals surface area contributed by atoms with Crippen LogP contribution in [0.1, 0.15) is 43.6 Å². The second-order valence-electron chi connectivity index (χ2n) is 9.81. The van der Waals surface area contributed by atoms with Gasteiger partial charge < -0.3 is 14.4 Å². The summed E-state index contributed by atoms with van der Waals surface area (Å²) in [5, 5.41) is 12.2. The molecule has 0 aliphatic heterocycles. The molecule has 0 amide bonds. The number of carboxylic acid groups (broad SMARTS) is 1. The van der Waals surface area contributed by atoms with Crippen molar-refractivity contribution in [3.05, 3.63) is 77.9 Å².